The summed E-state index contributed by atoms with van der Waals surface area (Å²) in [5, 5.41) is 13.1. The van der Waals surface area contributed by atoms with Gasteiger partial charge in [0.25, 0.3) is 0 Å². The number of hydrogen-bond acceptors (Lipinski definition) is 3. The third-order valence-electron chi connectivity index (χ3n) is 4.86. The molecule has 0 saturated heterocycles. The molecule has 3 amide bonds. The lowest BCUT2D eigenvalue weighted by molar-refractivity contribution is -0.120. The highest BCUT2D eigenvalue weighted by Gasteiger charge is 2.23. The van der Waals surface area contributed by atoms with Crippen molar-refractivity contribution >= 4 is 17.6 Å². The quantitative estimate of drug-likeness (QED) is 0.731. The van der Waals surface area contributed by atoms with Crippen molar-refractivity contribution in [2.45, 2.75) is 52.1 Å². The van der Waals surface area contributed by atoms with Crippen LogP contribution in [0.5, 0.6) is 0 Å². The summed E-state index contributed by atoms with van der Waals surface area (Å²) in [7, 11) is 1.89. The summed E-state index contributed by atoms with van der Waals surface area (Å²) in [5.74, 6) is 0.0481. The van der Waals surface area contributed by atoms with Crippen molar-refractivity contribution < 1.29 is 9.59 Å². The van der Waals surface area contributed by atoms with E-state index >= 15 is 0 Å². The van der Waals surface area contributed by atoms with Gasteiger partial charge in [0.2, 0.25) is 5.91 Å². The van der Waals surface area contributed by atoms with Crippen LogP contribution in [-0.4, -0.2) is 27.8 Å². The number of aromatic nitrogens is 2. The van der Waals surface area contributed by atoms with Crippen LogP contribution in [-0.2, 0) is 18.3 Å². The summed E-state index contributed by atoms with van der Waals surface area (Å²) in [5.41, 5.74) is 4.59. The molecule has 0 unspecified atom stereocenters. The average molecular weight is 369 g/mol. The van der Waals surface area contributed by atoms with E-state index in [-0.39, 0.29) is 18.0 Å². The molecular formula is C20H27N5O2. The zero-order chi connectivity index (χ0) is 19.6. The lowest BCUT2D eigenvalue weighted by atomic mass is 10.1. The number of nitrogens with one attached hydrogen (secondary N) is 3. The van der Waals surface area contributed by atoms with Crippen LogP contribution in [0.15, 0.2) is 24.3 Å². The van der Waals surface area contributed by atoms with E-state index in [0.717, 1.165) is 35.4 Å². The van der Waals surface area contributed by atoms with Crippen molar-refractivity contribution in [3.8, 4) is 0 Å². The fourth-order valence-electron chi connectivity index (χ4n) is 3.25. The van der Waals surface area contributed by atoms with Gasteiger partial charge in [-0.2, -0.15) is 5.10 Å². The Morgan fingerprint density at radius 2 is 1.89 bits per heavy atom. The van der Waals surface area contributed by atoms with Crippen LogP contribution in [0.25, 0.3) is 0 Å². The molecule has 27 heavy (non-hydrogen) atoms. The van der Waals surface area contributed by atoms with Gasteiger partial charge in [0.15, 0.2) is 0 Å². The molecule has 1 aromatic heterocycles. The molecule has 1 aliphatic rings. The molecule has 2 aromatic rings. The maximum atomic E-state index is 12.3. The highest BCUT2D eigenvalue weighted by atomic mass is 16.2. The third-order valence-corrected chi connectivity index (χ3v) is 4.86. The SMILES string of the molecule is Cc1nn(C)c(C)c1[C@H](C)NC(=O)Nc1ccc(CC(=O)NC2CC2)cc1. The van der Waals surface area contributed by atoms with E-state index in [1.807, 2.05) is 56.8 Å². The summed E-state index contributed by atoms with van der Waals surface area (Å²) in [6.45, 7) is 5.87. The molecule has 1 heterocycles. The van der Waals surface area contributed by atoms with Crippen LogP contribution >= 0.6 is 0 Å². The fourth-order valence-corrected chi connectivity index (χ4v) is 3.25. The normalized spacial score (nSPS) is 14.5. The van der Waals surface area contributed by atoms with Crippen molar-refractivity contribution in [2.75, 3.05) is 5.32 Å². The lowest BCUT2D eigenvalue weighted by Crippen LogP contribution is -2.31. The first-order chi connectivity index (χ1) is 12.8. The highest BCUT2D eigenvalue weighted by Crippen LogP contribution is 2.21. The van der Waals surface area contributed by atoms with Gasteiger partial charge in [-0.05, 0) is 51.3 Å². The minimum atomic E-state index is -0.274. The first kappa shape index (κ1) is 18.9. The van der Waals surface area contributed by atoms with Gasteiger partial charge < -0.3 is 16.0 Å². The number of amides is 3. The van der Waals surface area contributed by atoms with E-state index in [2.05, 4.69) is 21.0 Å². The minimum Gasteiger partial charge on any atom is -0.353 e. The number of benzene rings is 1. The second kappa shape index (κ2) is 7.82. The predicted molar refractivity (Wildman–Crippen MR) is 105 cm³/mol. The van der Waals surface area contributed by atoms with Crippen molar-refractivity contribution in [3.05, 3.63) is 46.8 Å². The van der Waals surface area contributed by atoms with Crippen LogP contribution in [0.1, 0.15) is 48.3 Å². The maximum absolute atomic E-state index is 12.3. The first-order valence-corrected chi connectivity index (χ1v) is 9.29. The van der Waals surface area contributed by atoms with Gasteiger partial charge in [-0.25, -0.2) is 4.79 Å². The van der Waals surface area contributed by atoms with Gasteiger partial charge in [-0.1, -0.05) is 12.1 Å². The molecule has 1 aromatic carbocycles. The lowest BCUT2D eigenvalue weighted by Gasteiger charge is -2.15. The minimum absolute atomic E-state index is 0.0481. The molecule has 1 fully saturated rings. The number of carbonyl (C=O) groups is 2. The number of nitrogens with zero attached hydrogens (tertiary/aromatic N) is 2. The van der Waals surface area contributed by atoms with E-state index in [1.165, 1.54) is 0 Å². The Kier molecular flexibility index (Phi) is 5.48. The molecular weight excluding hydrogens is 342 g/mol. The van der Waals surface area contributed by atoms with Crippen molar-refractivity contribution in [1.82, 2.24) is 20.4 Å². The Hall–Kier alpha value is -2.83. The molecule has 3 N–H and O–H groups in total. The van der Waals surface area contributed by atoms with Crippen LogP contribution in [0, 0.1) is 13.8 Å². The fraction of sp³-hybridized carbons (Fsp3) is 0.450. The van der Waals surface area contributed by atoms with E-state index < -0.39 is 0 Å². The third kappa shape index (κ3) is 4.87. The van der Waals surface area contributed by atoms with Gasteiger partial charge in [0, 0.05) is 30.0 Å². The van der Waals surface area contributed by atoms with Crippen LogP contribution in [0.3, 0.4) is 0 Å². The summed E-state index contributed by atoms with van der Waals surface area (Å²) >= 11 is 0. The standard InChI is InChI=1S/C20H27N5O2/c1-12(19-13(2)24-25(4)14(19)3)21-20(27)23-17-7-5-15(6-8-17)11-18(26)22-16-9-10-16/h5-8,12,16H,9-11H2,1-4H3,(H,22,26)(H2,21,23,27)/t12-/m0/s1. The number of urea groups is 1. The topological polar surface area (TPSA) is 88.1 Å². The largest absolute Gasteiger partial charge is 0.353 e. The van der Waals surface area contributed by atoms with Gasteiger partial charge in [0.05, 0.1) is 18.2 Å². The Balaban J connectivity index is 1.53. The molecule has 0 bridgehead atoms. The molecule has 1 saturated carbocycles. The second-order valence-electron chi connectivity index (χ2n) is 7.24. The van der Waals surface area contributed by atoms with Crippen molar-refractivity contribution in [1.29, 1.82) is 0 Å². The van der Waals surface area contributed by atoms with Gasteiger partial charge >= 0.3 is 6.03 Å². The zero-order valence-corrected chi connectivity index (χ0v) is 16.3. The smallest absolute Gasteiger partial charge is 0.319 e. The van der Waals surface area contributed by atoms with Gasteiger partial charge in [-0.3, -0.25) is 9.48 Å². The molecule has 1 aliphatic carbocycles. The zero-order valence-electron chi connectivity index (χ0n) is 16.3. The Morgan fingerprint density at radius 1 is 1.22 bits per heavy atom. The van der Waals surface area contributed by atoms with Gasteiger partial charge in [-0.15, -0.1) is 0 Å². The number of anilines is 1. The van der Waals surface area contributed by atoms with Crippen molar-refractivity contribution in [2.24, 2.45) is 7.05 Å². The molecule has 0 aliphatic heterocycles. The van der Waals surface area contributed by atoms with E-state index in [0.29, 0.717) is 18.2 Å². The molecule has 0 spiro atoms. The number of aryl methyl sites for hydroxylation is 2. The summed E-state index contributed by atoms with van der Waals surface area (Å²) in [4.78, 5) is 24.1. The van der Waals surface area contributed by atoms with Crippen LogP contribution < -0.4 is 16.0 Å². The Morgan fingerprint density at radius 3 is 2.44 bits per heavy atom. The molecule has 1 atom stereocenters. The first-order valence-electron chi connectivity index (χ1n) is 9.29. The summed E-state index contributed by atoms with van der Waals surface area (Å²) < 4.78 is 1.82. The maximum Gasteiger partial charge on any atom is 0.319 e. The highest BCUT2D eigenvalue weighted by molar-refractivity contribution is 5.89. The molecule has 7 heteroatoms. The second-order valence-corrected chi connectivity index (χ2v) is 7.24. The molecule has 144 valence electrons. The molecule has 0 radical (unpaired) electrons. The Labute approximate surface area is 159 Å². The Bertz CT molecular complexity index is 837. The van der Waals surface area contributed by atoms with Crippen LogP contribution in [0.2, 0.25) is 0 Å². The predicted octanol–water partition coefficient (Wildman–Crippen LogP) is 2.74. The average Bonchev–Trinajstić information content (AvgIpc) is 3.35. The van der Waals surface area contributed by atoms with E-state index in [4.69, 9.17) is 0 Å². The number of hydrogen-bond donors (Lipinski definition) is 3. The van der Waals surface area contributed by atoms with Crippen molar-refractivity contribution in [3.63, 3.8) is 0 Å². The number of carbonyl (C=O) groups excluding carboxylic acids is 2. The number of rotatable bonds is 6. The monoisotopic (exact) mass is 369 g/mol. The van der Waals surface area contributed by atoms with E-state index in [1.54, 1.807) is 0 Å². The van der Waals surface area contributed by atoms with E-state index in [9.17, 15) is 9.59 Å². The summed E-state index contributed by atoms with van der Waals surface area (Å²) in [6, 6.07) is 7.29. The summed E-state index contributed by atoms with van der Waals surface area (Å²) in [6.07, 6.45) is 2.53. The molecule has 3 rings (SSSR count). The van der Waals surface area contributed by atoms with Gasteiger partial charge in [0.1, 0.15) is 0 Å². The molecule has 7 nitrogen and oxygen atoms in total. The van der Waals surface area contributed by atoms with Crippen LogP contribution in [0.4, 0.5) is 10.5 Å².